The van der Waals surface area contributed by atoms with Crippen LogP contribution in [0.15, 0.2) is 60.9 Å². The molecule has 0 radical (unpaired) electrons. The molecule has 0 fully saturated rings. The van der Waals surface area contributed by atoms with E-state index >= 15 is 0 Å². The molecular formula is C20H19FN4O2. The number of hydrogen-bond acceptors (Lipinski definition) is 5. The van der Waals surface area contributed by atoms with E-state index in [0.717, 1.165) is 17.0 Å². The molecule has 0 unspecified atom stereocenters. The number of carbonyl (C=O) groups excluding carboxylic acids is 1. The van der Waals surface area contributed by atoms with Crippen molar-refractivity contribution in [1.29, 1.82) is 0 Å². The minimum Gasteiger partial charge on any atom is -0.494 e. The van der Waals surface area contributed by atoms with Crippen LogP contribution in [0, 0.1) is 5.82 Å². The van der Waals surface area contributed by atoms with Gasteiger partial charge in [0.15, 0.2) is 0 Å². The summed E-state index contributed by atoms with van der Waals surface area (Å²) in [4.78, 5) is 20.5. The Morgan fingerprint density at radius 2 is 1.70 bits per heavy atom. The second kappa shape index (κ2) is 8.75. The van der Waals surface area contributed by atoms with Crippen LogP contribution in [0.5, 0.6) is 5.75 Å². The van der Waals surface area contributed by atoms with Gasteiger partial charge in [0.25, 0.3) is 5.91 Å². The van der Waals surface area contributed by atoms with Gasteiger partial charge < -0.3 is 15.4 Å². The summed E-state index contributed by atoms with van der Waals surface area (Å²) in [5.74, 6) is 0.562. The molecule has 2 N–H and O–H groups in total. The second-order valence-corrected chi connectivity index (χ2v) is 5.69. The van der Waals surface area contributed by atoms with Crippen molar-refractivity contribution in [3.63, 3.8) is 0 Å². The predicted octanol–water partition coefficient (Wildman–Crippen LogP) is 3.69. The van der Waals surface area contributed by atoms with Crippen molar-refractivity contribution in [2.45, 2.75) is 13.5 Å². The lowest BCUT2D eigenvalue weighted by atomic mass is 10.2. The van der Waals surface area contributed by atoms with Crippen LogP contribution in [0.2, 0.25) is 0 Å². The smallest absolute Gasteiger partial charge is 0.254 e. The zero-order chi connectivity index (χ0) is 19.1. The van der Waals surface area contributed by atoms with Gasteiger partial charge in [-0.2, -0.15) is 0 Å². The molecule has 6 nitrogen and oxygen atoms in total. The van der Waals surface area contributed by atoms with Gasteiger partial charge in [0.1, 0.15) is 11.6 Å². The number of anilines is 2. The van der Waals surface area contributed by atoms with Gasteiger partial charge in [-0.05, 0) is 48.9 Å². The van der Waals surface area contributed by atoms with Crippen molar-refractivity contribution < 1.29 is 13.9 Å². The third kappa shape index (κ3) is 5.24. The topological polar surface area (TPSA) is 76.1 Å². The maximum absolute atomic E-state index is 12.9. The molecule has 0 bridgehead atoms. The van der Waals surface area contributed by atoms with E-state index in [1.54, 1.807) is 12.1 Å². The zero-order valence-electron chi connectivity index (χ0n) is 14.8. The molecule has 27 heavy (non-hydrogen) atoms. The van der Waals surface area contributed by atoms with E-state index in [-0.39, 0.29) is 11.7 Å². The van der Waals surface area contributed by atoms with Crippen LogP contribution >= 0.6 is 0 Å². The molecule has 1 amide bonds. The first kappa shape index (κ1) is 18.3. The van der Waals surface area contributed by atoms with E-state index in [9.17, 15) is 9.18 Å². The molecule has 1 aromatic heterocycles. The van der Waals surface area contributed by atoms with Crippen LogP contribution < -0.4 is 15.4 Å². The zero-order valence-corrected chi connectivity index (χ0v) is 14.8. The fourth-order valence-electron chi connectivity index (χ4n) is 2.33. The van der Waals surface area contributed by atoms with Crippen molar-refractivity contribution in [2.24, 2.45) is 0 Å². The summed E-state index contributed by atoms with van der Waals surface area (Å²) in [5.41, 5.74) is 1.96. The van der Waals surface area contributed by atoms with E-state index in [1.807, 2.05) is 31.2 Å². The van der Waals surface area contributed by atoms with Gasteiger partial charge in [-0.3, -0.25) is 4.79 Å². The molecule has 0 saturated heterocycles. The maximum atomic E-state index is 12.9. The fourth-order valence-corrected chi connectivity index (χ4v) is 2.33. The summed E-state index contributed by atoms with van der Waals surface area (Å²) in [7, 11) is 0. The van der Waals surface area contributed by atoms with Gasteiger partial charge >= 0.3 is 0 Å². The Morgan fingerprint density at radius 3 is 2.33 bits per heavy atom. The van der Waals surface area contributed by atoms with Crippen LogP contribution in [-0.4, -0.2) is 22.5 Å². The number of benzene rings is 2. The highest BCUT2D eigenvalue weighted by Crippen LogP contribution is 2.18. The highest BCUT2D eigenvalue weighted by atomic mass is 19.1. The van der Waals surface area contributed by atoms with Crippen LogP contribution in [0.1, 0.15) is 22.8 Å². The molecule has 0 spiro atoms. The van der Waals surface area contributed by atoms with Gasteiger partial charge in [0.05, 0.1) is 12.2 Å². The minimum absolute atomic E-state index is 0.297. The SMILES string of the molecule is CCOc1ccc(Nc2ncc(C(=O)NCc3ccc(F)cc3)cn2)cc1. The van der Waals surface area contributed by atoms with Gasteiger partial charge in [-0.1, -0.05) is 12.1 Å². The van der Waals surface area contributed by atoms with Gasteiger partial charge in [-0.25, -0.2) is 14.4 Å². The molecular weight excluding hydrogens is 347 g/mol. The number of hydrogen-bond donors (Lipinski definition) is 2. The first-order valence-corrected chi connectivity index (χ1v) is 8.48. The molecule has 0 aliphatic heterocycles. The second-order valence-electron chi connectivity index (χ2n) is 5.69. The first-order valence-electron chi connectivity index (χ1n) is 8.48. The number of aromatic nitrogens is 2. The summed E-state index contributed by atoms with van der Waals surface area (Å²) in [6.07, 6.45) is 2.90. The lowest BCUT2D eigenvalue weighted by Gasteiger charge is -2.08. The van der Waals surface area contributed by atoms with Crippen LogP contribution in [-0.2, 0) is 6.54 Å². The summed E-state index contributed by atoms with van der Waals surface area (Å²) >= 11 is 0. The molecule has 3 rings (SSSR count). The lowest BCUT2D eigenvalue weighted by molar-refractivity contribution is 0.0950. The van der Waals surface area contributed by atoms with E-state index in [0.29, 0.717) is 24.7 Å². The van der Waals surface area contributed by atoms with Crippen LogP contribution in [0.3, 0.4) is 0 Å². The van der Waals surface area contributed by atoms with Crippen molar-refractivity contribution in [1.82, 2.24) is 15.3 Å². The fraction of sp³-hybridized carbons (Fsp3) is 0.150. The largest absolute Gasteiger partial charge is 0.494 e. The molecule has 1 heterocycles. The van der Waals surface area contributed by atoms with E-state index < -0.39 is 0 Å². The number of nitrogens with one attached hydrogen (secondary N) is 2. The van der Waals surface area contributed by atoms with Gasteiger partial charge in [-0.15, -0.1) is 0 Å². The third-order valence-electron chi connectivity index (χ3n) is 3.70. The number of halogens is 1. The monoisotopic (exact) mass is 366 g/mol. The average molecular weight is 366 g/mol. The molecule has 7 heteroatoms. The van der Waals surface area contributed by atoms with E-state index in [2.05, 4.69) is 20.6 Å². The predicted molar refractivity (Wildman–Crippen MR) is 100 cm³/mol. The Labute approximate surface area is 156 Å². The molecule has 2 aromatic carbocycles. The summed E-state index contributed by atoms with van der Waals surface area (Å²) in [6.45, 7) is 2.84. The van der Waals surface area contributed by atoms with Crippen LogP contribution in [0.4, 0.5) is 16.0 Å². The Hall–Kier alpha value is -3.48. The van der Waals surface area contributed by atoms with Crippen molar-refractivity contribution in [2.75, 3.05) is 11.9 Å². The number of nitrogens with zero attached hydrogens (tertiary/aromatic N) is 2. The van der Waals surface area contributed by atoms with Gasteiger partial charge in [0, 0.05) is 24.6 Å². The molecule has 3 aromatic rings. The molecule has 0 saturated carbocycles. The van der Waals surface area contributed by atoms with Crippen LogP contribution in [0.25, 0.3) is 0 Å². The number of amides is 1. The number of carbonyl (C=O) groups is 1. The summed E-state index contributed by atoms with van der Waals surface area (Å²) in [6, 6.07) is 13.4. The Balaban J connectivity index is 1.55. The minimum atomic E-state index is -0.311. The van der Waals surface area contributed by atoms with E-state index in [4.69, 9.17) is 4.74 Å². The van der Waals surface area contributed by atoms with Crippen molar-refractivity contribution in [3.05, 3.63) is 77.9 Å². The number of rotatable bonds is 7. The quantitative estimate of drug-likeness (QED) is 0.667. The molecule has 0 aliphatic carbocycles. The number of ether oxygens (including phenoxy) is 1. The highest BCUT2D eigenvalue weighted by Gasteiger charge is 2.07. The first-order chi connectivity index (χ1) is 13.1. The maximum Gasteiger partial charge on any atom is 0.254 e. The molecule has 0 atom stereocenters. The van der Waals surface area contributed by atoms with Crippen molar-refractivity contribution >= 4 is 17.5 Å². The normalized spacial score (nSPS) is 10.3. The molecule has 138 valence electrons. The Morgan fingerprint density at radius 1 is 1.04 bits per heavy atom. The Kier molecular flexibility index (Phi) is 5.94. The standard InChI is InChI=1S/C20H19FN4O2/c1-2-27-18-9-7-17(8-10-18)25-20-23-12-15(13-24-20)19(26)22-11-14-3-5-16(21)6-4-14/h3-10,12-13H,2,11H2,1H3,(H,22,26)(H,23,24,25). The molecule has 0 aliphatic rings. The van der Waals surface area contributed by atoms with Gasteiger partial charge in [0.2, 0.25) is 5.95 Å². The lowest BCUT2D eigenvalue weighted by Crippen LogP contribution is -2.23. The van der Waals surface area contributed by atoms with E-state index in [1.165, 1.54) is 24.5 Å². The summed E-state index contributed by atoms with van der Waals surface area (Å²) < 4.78 is 18.3. The highest BCUT2D eigenvalue weighted by molar-refractivity contribution is 5.93. The third-order valence-corrected chi connectivity index (χ3v) is 3.70. The summed E-state index contributed by atoms with van der Waals surface area (Å²) in [5, 5.41) is 5.80. The van der Waals surface area contributed by atoms with Crippen molar-refractivity contribution in [3.8, 4) is 5.75 Å². The Bertz CT molecular complexity index is 881. The average Bonchev–Trinajstić information content (AvgIpc) is 2.70.